The number of nitrogens with one attached hydrogen (secondary N) is 1. The van der Waals surface area contributed by atoms with Gasteiger partial charge in [0.05, 0.1) is 25.3 Å². The van der Waals surface area contributed by atoms with E-state index >= 15 is 0 Å². The second-order valence-corrected chi connectivity index (χ2v) is 7.18. The molecule has 0 aliphatic carbocycles. The highest BCUT2D eigenvalue weighted by molar-refractivity contribution is 6.31. The van der Waals surface area contributed by atoms with E-state index in [0.717, 1.165) is 35.7 Å². The zero-order valence-corrected chi connectivity index (χ0v) is 16.6. The molecule has 0 unspecified atom stereocenters. The standard InChI is InChI=1S/C22H21ClN4O2/c23-19-7-2-1-4-16(19)15-22(28)24-18-6-3-5-17(14-18)20-8-9-21(26-25-20)27-10-12-29-13-11-27/h1-9,14H,10-13,15H2,(H,24,28). The Labute approximate surface area is 174 Å². The van der Waals surface area contributed by atoms with Gasteiger partial charge in [0.1, 0.15) is 0 Å². The topological polar surface area (TPSA) is 67.4 Å². The molecule has 0 bridgehead atoms. The molecule has 1 aromatic heterocycles. The predicted octanol–water partition coefficient (Wildman–Crippen LogP) is 3.81. The van der Waals surface area contributed by atoms with E-state index in [0.29, 0.717) is 23.9 Å². The number of halogens is 1. The number of rotatable bonds is 5. The first-order valence-corrected chi connectivity index (χ1v) is 9.87. The summed E-state index contributed by atoms with van der Waals surface area (Å²) >= 11 is 6.14. The van der Waals surface area contributed by atoms with Gasteiger partial charge < -0.3 is 15.0 Å². The third-order valence-electron chi connectivity index (χ3n) is 4.74. The molecule has 148 valence electrons. The maximum Gasteiger partial charge on any atom is 0.228 e. The fourth-order valence-corrected chi connectivity index (χ4v) is 3.42. The Morgan fingerprint density at radius 1 is 1.03 bits per heavy atom. The summed E-state index contributed by atoms with van der Waals surface area (Å²) in [5.74, 6) is 0.727. The van der Waals surface area contributed by atoms with Crippen LogP contribution in [0.5, 0.6) is 0 Å². The SMILES string of the molecule is O=C(Cc1ccccc1Cl)Nc1cccc(-c2ccc(N3CCOCC3)nn2)c1. The fourth-order valence-electron chi connectivity index (χ4n) is 3.22. The number of aromatic nitrogens is 2. The molecule has 1 aliphatic rings. The van der Waals surface area contributed by atoms with Crippen LogP contribution in [-0.4, -0.2) is 42.4 Å². The minimum atomic E-state index is -0.121. The van der Waals surface area contributed by atoms with Crippen molar-refractivity contribution in [2.24, 2.45) is 0 Å². The van der Waals surface area contributed by atoms with Gasteiger partial charge >= 0.3 is 0 Å². The van der Waals surface area contributed by atoms with Crippen molar-refractivity contribution in [1.82, 2.24) is 10.2 Å². The van der Waals surface area contributed by atoms with E-state index in [1.807, 2.05) is 54.6 Å². The quantitative estimate of drug-likeness (QED) is 0.695. The van der Waals surface area contributed by atoms with Gasteiger partial charge in [-0.2, -0.15) is 0 Å². The molecule has 1 amide bonds. The smallest absolute Gasteiger partial charge is 0.228 e. The van der Waals surface area contributed by atoms with Crippen molar-refractivity contribution < 1.29 is 9.53 Å². The van der Waals surface area contributed by atoms with Crippen LogP contribution in [0.4, 0.5) is 11.5 Å². The molecule has 1 aliphatic heterocycles. The summed E-state index contributed by atoms with van der Waals surface area (Å²) in [6.07, 6.45) is 0.220. The number of ether oxygens (including phenoxy) is 1. The largest absolute Gasteiger partial charge is 0.378 e. The zero-order valence-electron chi connectivity index (χ0n) is 15.8. The summed E-state index contributed by atoms with van der Waals surface area (Å²) in [6, 6.07) is 18.8. The van der Waals surface area contributed by atoms with Gasteiger partial charge in [0.15, 0.2) is 5.82 Å². The third kappa shape index (κ3) is 4.91. The second-order valence-electron chi connectivity index (χ2n) is 6.77. The van der Waals surface area contributed by atoms with E-state index in [2.05, 4.69) is 20.4 Å². The highest BCUT2D eigenvalue weighted by atomic mass is 35.5. The van der Waals surface area contributed by atoms with Crippen molar-refractivity contribution in [3.63, 3.8) is 0 Å². The number of carbonyl (C=O) groups excluding carboxylic acids is 1. The van der Waals surface area contributed by atoms with E-state index < -0.39 is 0 Å². The summed E-state index contributed by atoms with van der Waals surface area (Å²) in [4.78, 5) is 14.5. The molecule has 29 heavy (non-hydrogen) atoms. The van der Waals surface area contributed by atoms with E-state index in [4.69, 9.17) is 16.3 Å². The minimum Gasteiger partial charge on any atom is -0.378 e. The monoisotopic (exact) mass is 408 g/mol. The summed E-state index contributed by atoms with van der Waals surface area (Å²) in [5.41, 5.74) is 3.15. The predicted molar refractivity (Wildman–Crippen MR) is 114 cm³/mol. The van der Waals surface area contributed by atoms with Gasteiger partial charge in [0, 0.05) is 29.4 Å². The molecule has 6 nitrogen and oxygen atoms in total. The number of morpholine rings is 1. The van der Waals surface area contributed by atoms with Crippen molar-refractivity contribution in [3.8, 4) is 11.3 Å². The first-order chi connectivity index (χ1) is 14.2. The summed E-state index contributed by atoms with van der Waals surface area (Å²) < 4.78 is 5.37. The molecule has 2 heterocycles. The third-order valence-corrected chi connectivity index (χ3v) is 5.11. The number of hydrogen-bond acceptors (Lipinski definition) is 5. The first-order valence-electron chi connectivity index (χ1n) is 9.49. The van der Waals surface area contributed by atoms with Gasteiger partial charge in [0.2, 0.25) is 5.91 Å². The van der Waals surface area contributed by atoms with Crippen LogP contribution >= 0.6 is 11.6 Å². The molecular weight excluding hydrogens is 388 g/mol. The highest BCUT2D eigenvalue weighted by Gasteiger charge is 2.13. The van der Waals surface area contributed by atoms with E-state index in [1.165, 1.54) is 0 Å². The zero-order chi connectivity index (χ0) is 20.1. The number of amides is 1. The van der Waals surface area contributed by atoms with Gasteiger partial charge in [-0.1, -0.05) is 41.9 Å². The van der Waals surface area contributed by atoms with Crippen molar-refractivity contribution in [3.05, 3.63) is 71.2 Å². The van der Waals surface area contributed by atoms with Crippen LogP contribution in [0.2, 0.25) is 5.02 Å². The van der Waals surface area contributed by atoms with Gasteiger partial charge in [-0.25, -0.2) is 0 Å². The molecule has 0 spiro atoms. The van der Waals surface area contributed by atoms with Crippen LogP contribution < -0.4 is 10.2 Å². The summed E-state index contributed by atoms with van der Waals surface area (Å²) in [5, 5.41) is 12.2. The maximum atomic E-state index is 12.4. The number of benzene rings is 2. The van der Waals surface area contributed by atoms with Crippen molar-refractivity contribution in [1.29, 1.82) is 0 Å². The Morgan fingerprint density at radius 2 is 1.86 bits per heavy atom. The molecule has 7 heteroatoms. The van der Waals surface area contributed by atoms with Gasteiger partial charge in [0.25, 0.3) is 0 Å². The van der Waals surface area contributed by atoms with Crippen molar-refractivity contribution in [2.45, 2.75) is 6.42 Å². The summed E-state index contributed by atoms with van der Waals surface area (Å²) in [7, 11) is 0. The van der Waals surface area contributed by atoms with Crippen LogP contribution in [0.3, 0.4) is 0 Å². The van der Waals surface area contributed by atoms with Crippen molar-refractivity contribution in [2.75, 3.05) is 36.5 Å². The average Bonchev–Trinajstić information content (AvgIpc) is 2.76. The molecule has 2 aromatic carbocycles. The molecular formula is C22H21ClN4O2. The molecule has 0 saturated carbocycles. The maximum absolute atomic E-state index is 12.4. The second kappa shape index (κ2) is 9.03. The van der Waals surface area contributed by atoms with E-state index in [1.54, 1.807) is 6.07 Å². The van der Waals surface area contributed by atoms with Crippen LogP contribution in [0.25, 0.3) is 11.3 Å². The Balaban J connectivity index is 1.44. The summed E-state index contributed by atoms with van der Waals surface area (Å²) in [6.45, 7) is 3.06. The molecule has 4 rings (SSSR count). The number of nitrogens with zero attached hydrogens (tertiary/aromatic N) is 3. The average molecular weight is 409 g/mol. The van der Waals surface area contributed by atoms with Crippen LogP contribution in [0.1, 0.15) is 5.56 Å². The number of anilines is 2. The van der Waals surface area contributed by atoms with Crippen molar-refractivity contribution >= 4 is 29.0 Å². The first kappa shape index (κ1) is 19.4. The Morgan fingerprint density at radius 3 is 2.62 bits per heavy atom. The highest BCUT2D eigenvalue weighted by Crippen LogP contribution is 2.23. The molecule has 1 fully saturated rings. The van der Waals surface area contributed by atoms with Crippen LogP contribution in [0, 0.1) is 0 Å². The van der Waals surface area contributed by atoms with Gasteiger partial charge in [-0.05, 0) is 35.9 Å². The Kier molecular flexibility index (Phi) is 6.03. The normalized spacial score (nSPS) is 13.9. The lowest BCUT2D eigenvalue weighted by atomic mass is 10.1. The van der Waals surface area contributed by atoms with Crippen LogP contribution in [0.15, 0.2) is 60.7 Å². The molecule has 0 radical (unpaired) electrons. The number of carbonyl (C=O) groups is 1. The minimum absolute atomic E-state index is 0.121. The van der Waals surface area contributed by atoms with E-state index in [-0.39, 0.29) is 12.3 Å². The molecule has 1 saturated heterocycles. The van der Waals surface area contributed by atoms with Gasteiger partial charge in [-0.15, -0.1) is 10.2 Å². The lowest BCUT2D eigenvalue weighted by molar-refractivity contribution is -0.115. The Hall–Kier alpha value is -2.96. The Bertz CT molecular complexity index is 988. The van der Waals surface area contributed by atoms with Crippen LogP contribution in [-0.2, 0) is 16.0 Å². The lowest BCUT2D eigenvalue weighted by Crippen LogP contribution is -2.36. The van der Waals surface area contributed by atoms with E-state index in [9.17, 15) is 4.79 Å². The molecule has 0 atom stereocenters. The molecule has 3 aromatic rings. The van der Waals surface area contributed by atoms with Gasteiger partial charge in [-0.3, -0.25) is 4.79 Å². The molecule has 1 N–H and O–H groups in total. The fraction of sp³-hybridized carbons (Fsp3) is 0.227. The number of hydrogen-bond donors (Lipinski definition) is 1. The lowest BCUT2D eigenvalue weighted by Gasteiger charge is -2.27.